The van der Waals surface area contributed by atoms with Gasteiger partial charge in [0, 0.05) is 20.1 Å². The summed E-state index contributed by atoms with van der Waals surface area (Å²) in [6, 6.07) is 0.455. The molecule has 1 aliphatic rings. The van der Waals surface area contributed by atoms with Crippen LogP contribution in [0.15, 0.2) is 0 Å². The first-order chi connectivity index (χ1) is 6.72. The molecule has 78 valence electrons. The monoisotopic (exact) mass is 213 g/mol. The summed E-state index contributed by atoms with van der Waals surface area (Å²) in [5.41, 5.74) is 0. The molecule has 1 aliphatic heterocycles. The minimum Gasteiger partial charge on any atom is -0.480 e. The van der Waals surface area contributed by atoms with E-state index in [9.17, 15) is 0 Å². The van der Waals surface area contributed by atoms with E-state index >= 15 is 0 Å². The minimum absolute atomic E-state index is 0.455. The van der Waals surface area contributed by atoms with Crippen molar-refractivity contribution in [2.75, 3.05) is 32.6 Å². The first-order valence-electron chi connectivity index (χ1n) is 4.68. The Bertz CT molecular complexity index is 320. The van der Waals surface area contributed by atoms with Crippen LogP contribution in [0.25, 0.3) is 0 Å². The van der Waals surface area contributed by atoms with E-state index in [-0.39, 0.29) is 0 Å². The maximum Gasteiger partial charge on any atom is 0.231 e. The summed E-state index contributed by atoms with van der Waals surface area (Å²) in [5, 5.41) is 4.37. The van der Waals surface area contributed by atoms with Crippen LogP contribution in [0.3, 0.4) is 0 Å². The van der Waals surface area contributed by atoms with Gasteiger partial charge in [-0.25, -0.2) is 0 Å². The second-order valence-corrected chi connectivity index (χ2v) is 4.57. The summed E-state index contributed by atoms with van der Waals surface area (Å²) in [5.74, 6) is 0.774. The number of methoxy groups -OCH3 is 1. The van der Waals surface area contributed by atoms with E-state index in [0.717, 1.165) is 17.6 Å². The number of aromatic nitrogens is 1. The maximum atomic E-state index is 5.27. The quantitative estimate of drug-likeness (QED) is 0.820. The van der Waals surface area contributed by atoms with Crippen LogP contribution < -0.4 is 15.0 Å². The molecular formula is C9H15N3OS. The fraction of sp³-hybridized carbons (Fsp3) is 0.667. The Labute approximate surface area is 87.9 Å². The van der Waals surface area contributed by atoms with Gasteiger partial charge in [0.1, 0.15) is 0 Å². The number of ether oxygens (including phenoxy) is 1. The second kappa shape index (κ2) is 3.74. The average molecular weight is 213 g/mol. The van der Waals surface area contributed by atoms with Crippen molar-refractivity contribution in [2.45, 2.75) is 12.5 Å². The minimum atomic E-state index is 0.455. The fourth-order valence-corrected chi connectivity index (χ4v) is 2.44. The van der Waals surface area contributed by atoms with Gasteiger partial charge in [0.25, 0.3) is 0 Å². The van der Waals surface area contributed by atoms with E-state index < -0.39 is 0 Å². The highest BCUT2D eigenvalue weighted by Gasteiger charge is 2.26. The van der Waals surface area contributed by atoms with Crippen LogP contribution >= 0.6 is 11.3 Å². The zero-order valence-corrected chi connectivity index (χ0v) is 9.52. The van der Waals surface area contributed by atoms with Crippen molar-refractivity contribution >= 4 is 16.5 Å². The molecule has 2 rings (SSSR count). The largest absolute Gasteiger partial charge is 0.480 e. The molecule has 1 unspecified atom stereocenters. The predicted molar refractivity (Wildman–Crippen MR) is 58.4 cm³/mol. The van der Waals surface area contributed by atoms with Crippen LogP contribution in [0, 0.1) is 0 Å². The Morgan fingerprint density at radius 3 is 2.71 bits per heavy atom. The van der Waals surface area contributed by atoms with Gasteiger partial charge in [-0.1, -0.05) is 11.3 Å². The molecule has 4 nitrogen and oxygen atoms in total. The SMILES string of the molecule is COc1nc(N(C)C)sc1C1CCN1. The van der Waals surface area contributed by atoms with Crippen molar-refractivity contribution in [3.63, 3.8) is 0 Å². The standard InChI is InChI=1S/C9H15N3OS/c1-12(2)9-11-8(13-3)7(14-9)6-4-5-10-6/h6,10H,4-5H2,1-3H3. The number of anilines is 1. The first-order valence-corrected chi connectivity index (χ1v) is 5.49. The van der Waals surface area contributed by atoms with Gasteiger partial charge < -0.3 is 15.0 Å². The number of hydrogen-bond acceptors (Lipinski definition) is 5. The summed E-state index contributed by atoms with van der Waals surface area (Å²) in [7, 11) is 5.67. The molecule has 1 saturated heterocycles. The molecule has 0 saturated carbocycles. The first kappa shape index (κ1) is 9.73. The molecule has 1 aromatic rings. The summed E-state index contributed by atoms with van der Waals surface area (Å²) < 4.78 is 5.27. The lowest BCUT2D eigenvalue weighted by Gasteiger charge is -2.26. The normalized spacial score (nSPS) is 20.4. The fourth-order valence-electron chi connectivity index (χ4n) is 1.38. The van der Waals surface area contributed by atoms with Crippen LogP contribution in [0.2, 0.25) is 0 Å². The van der Waals surface area contributed by atoms with Crippen molar-refractivity contribution in [3.05, 3.63) is 4.88 Å². The third-order valence-corrected chi connectivity index (χ3v) is 3.64. The zero-order valence-electron chi connectivity index (χ0n) is 8.70. The van der Waals surface area contributed by atoms with E-state index in [0.29, 0.717) is 6.04 Å². The lowest BCUT2D eigenvalue weighted by atomic mass is 10.1. The third-order valence-electron chi connectivity index (χ3n) is 2.33. The number of rotatable bonds is 3. The van der Waals surface area contributed by atoms with Gasteiger partial charge in [-0.2, -0.15) is 4.98 Å². The molecule has 0 amide bonds. The van der Waals surface area contributed by atoms with Gasteiger partial charge in [0.2, 0.25) is 5.88 Å². The molecule has 0 spiro atoms. The van der Waals surface area contributed by atoms with Crippen LogP contribution in [-0.4, -0.2) is 32.7 Å². The average Bonchev–Trinajstić information content (AvgIpc) is 2.45. The van der Waals surface area contributed by atoms with Gasteiger partial charge in [0.05, 0.1) is 12.0 Å². The molecule has 5 heteroatoms. The van der Waals surface area contributed by atoms with Crippen LogP contribution in [0.1, 0.15) is 17.3 Å². The lowest BCUT2D eigenvalue weighted by molar-refractivity contribution is 0.352. The Morgan fingerprint density at radius 2 is 2.29 bits per heavy atom. The Morgan fingerprint density at radius 1 is 1.57 bits per heavy atom. The molecule has 1 N–H and O–H groups in total. The number of thiazole rings is 1. The third kappa shape index (κ3) is 1.57. The highest BCUT2D eigenvalue weighted by molar-refractivity contribution is 7.16. The van der Waals surface area contributed by atoms with Gasteiger partial charge in [-0.05, 0) is 13.0 Å². The number of nitrogens with zero attached hydrogens (tertiary/aromatic N) is 2. The summed E-state index contributed by atoms with van der Waals surface area (Å²) in [6.07, 6.45) is 1.19. The van der Waals surface area contributed by atoms with Crippen molar-refractivity contribution < 1.29 is 4.74 Å². The number of nitrogens with one attached hydrogen (secondary N) is 1. The molecule has 0 aromatic carbocycles. The molecule has 14 heavy (non-hydrogen) atoms. The van der Waals surface area contributed by atoms with Crippen molar-refractivity contribution in [2.24, 2.45) is 0 Å². The Hall–Kier alpha value is -0.810. The van der Waals surface area contributed by atoms with Crippen molar-refractivity contribution in [1.82, 2.24) is 10.3 Å². The summed E-state index contributed by atoms with van der Waals surface area (Å²) >= 11 is 1.70. The van der Waals surface area contributed by atoms with Gasteiger partial charge in [-0.3, -0.25) is 0 Å². The van der Waals surface area contributed by atoms with Crippen LogP contribution in [-0.2, 0) is 0 Å². The smallest absolute Gasteiger partial charge is 0.231 e. The van der Waals surface area contributed by atoms with E-state index in [2.05, 4.69) is 10.3 Å². The summed E-state index contributed by atoms with van der Waals surface area (Å²) in [6.45, 7) is 1.10. The molecule has 0 radical (unpaired) electrons. The van der Waals surface area contributed by atoms with Crippen LogP contribution in [0.5, 0.6) is 5.88 Å². The van der Waals surface area contributed by atoms with E-state index in [1.807, 2.05) is 19.0 Å². The summed E-state index contributed by atoms with van der Waals surface area (Å²) in [4.78, 5) is 7.65. The van der Waals surface area contributed by atoms with Gasteiger partial charge in [-0.15, -0.1) is 0 Å². The Balaban J connectivity index is 2.27. The van der Waals surface area contributed by atoms with E-state index in [1.165, 1.54) is 11.3 Å². The molecule has 0 aliphatic carbocycles. The molecule has 1 aromatic heterocycles. The molecule has 1 fully saturated rings. The molecule has 0 bridgehead atoms. The molecule has 1 atom stereocenters. The van der Waals surface area contributed by atoms with Crippen molar-refractivity contribution in [1.29, 1.82) is 0 Å². The molecule has 2 heterocycles. The van der Waals surface area contributed by atoms with Gasteiger partial charge in [0.15, 0.2) is 5.13 Å². The van der Waals surface area contributed by atoms with Crippen LogP contribution in [0.4, 0.5) is 5.13 Å². The lowest BCUT2D eigenvalue weighted by Crippen LogP contribution is -2.34. The zero-order chi connectivity index (χ0) is 10.1. The van der Waals surface area contributed by atoms with Crippen molar-refractivity contribution in [3.8, 4) is 5.88 Å². The second-order valence-electron chi connectivity index (χ2n) is 3.56. The highest BCUT2D eigenvalue weighted by Crippen LogP contribution is 2.38. The predicted octanol–water partition coefficient (Wildman–Crippen LogP) is 1.25. The van der Waals surface area contributed by atoms with E-state index in [4.69, 9.17) is 4.74 Å². The topological polar surface area (TPSA) is 37.4 Å². The molecular weight excluding hydrogens is 198 g/mol. The highest BCUT2D eigenvalue weighted by atomic mass is 32.1. The van der Waals surface area contributed by atoms with Gasteiger partial charge >= 0.3 is 0 Å². The maximum absolute atomic E-state index is 5.27. The Kier molecular flexibility index (Phi) is 2.60. The van der Waals surface area contributed by atoms with E-state index in [1.54, 1.807) is 18.4 Å². The number of hydrogen-bond donors (Lipinski definition) is 1.